The van der Waals surface area contributed by atoms with Gasteiger partial charge in [0, 0.05) is 12.1 Å². The van der Waals surface area contributed by atoms with Gasteiger partial charge in [0.25, 0.3) is 5.91 Å². The van der Waals surface area contributed by atoms with Crippen LogP contribution in [-0.2, 0) is 0 Å². The molecule has 0 fully saturated rings. The average Bonchev–Trinajstić information content (AvgIpc) is 2.61. The molecule has 0 aromatic heterocycles. The molecular formula is C18H15N3O2. The minimum atomic E-state index is -0.214. The smallest absolute Gasteiger partial charge is 0.251 e. The first kappa shape index (κ1) is 16.1. The Labute approximate surface area is 134 Å². The second-order valence-electron chi connectivity index (χ2n) is 4.79. The van der Waals surface area contributed by atoms with Gasteiger partial charge in [0.05, 0.1) is 29.9 Å². The molecule has 0 aliphatic rings. The van der Waals surface area contributed by atoms with Gasteiger partial charge in [-0.25, -0.2) is 0 Å². The second kappa shape index (κ2) is 8.21. The van der Waals surface area contributed by atoms with E-state index in [-0.39, 0.29) is 5.91 Å². The quantitative estimate of drug-likeness (QED) is 0.831. The first-order valence-electron chi connectivity index (χ1n) is 7.14. The van der Waals surface area contributed by atoms with Crippen LogP contribution in [0.2, 0.25) is 0 Å². The third-order valence-corrected chi connectivity index (χ3v) is 3.09. The SMILES string of the molecule is N#Cc1cccc(OCCCNC(=O)c2cccc(C#N)c2)c1. The summed E-state index contributed by atoms with van der Waals surface area (Å²) in [5.74, 6) is 0.422. The number of ether oxygens (including phenoxy) is 1. The molecule has 2 aromatic rings. The van der Waals surface area contributed by atoms with Gasteiger partial charge in [-0.1, -0.05) is 12.1 Å². The van der Waals surface area contributed by atoms with Gasteiger partial charge in [-0.15, -0.1) is 0 Å². The van der Waals surface area contributed by atoms with E-state index in [1.54, 1.807) is 48.5 Å². The van der Waals surface area contributed by atoms with Crippen LogP contribution in [-0.4, -0.2) is 19.1 Å². The van der Waals surface area contributed by atoms with E-state index in [0.29, 0.717) is 42.0 Å². The molecule has 114 valence electrons. The van der Waals surface area contributed by atoms with Gasteiger partial charge >= 0.3 is 0 Å². The fourth-order valence-corrected chi connectivity index (χ4v) is 1.95. The summed E-state index contributed by atoms with van der Waals surface area (Å²) in [4.78, 5) is 11.9. The van der Waals surface area contributed by atoms with Crippen molar-refractivity contribution in [1.29, 1.82) is 10.5 Å². The molecule has 5 nitrogen and oxygen atoms in total. The minimum Gasteiger partial charge on any atom is -0.493 e. The van der Waals surface area contributed by atoms with Crippen LogP contribution in [0.1, 0.15) is 27.9 Å². The average molecular weight is 305 g/mol. The molecule has 0 saturated carbocycles. The Hall–Kier alpha value is -3.31. The zero-order valence-corrected chi connectivity index (χ0v) is 12.5. The van der Waals surface area contributed by atoms with Crippen molar-refractivity contribution in [3.63, 3.8) is 0 Å². The molecule has 0 aliphatic heterocycles. The summed E-state index contributed by atoms with van der Waals surface area (Å²) in [5, 5.41) is 20.4. The fourth-order valence-electron chi connectivity index (χ4n) is 1.95. The van der Waals surface area contributed by atoms with Crippen LogP contribution in [0.3, 0.4) is 0 Å². The van der Waals surface area contributed by atoms with Gasteiger partial charge in [0.15, 0.2) is 0 Å². The molecule has 0 bridgehead atoms. The summed E-state index contributed by atoms with van der Waals surface area (Å²) in [6, 6.07) is 17.5. The van der Waals surface area contributed by atoms with Crippen molar-refractivity contribution in [1.82, 2.24) is 5.32 Å². The summed E-state index contributed by atoms with van der Waals surface area (Å²) >= 11 is 0. The standard InChI is InChI=1S/C18H15N3O2/c19-12-14-4-1-6-16(10-14)18(22)21-8-3-9-23-17-7-2-5-15(11-17)13-20/h1-2,4-7,10-11H,3,8-9H2,(H,21,22). The number of nitrogens with zero attached hydrogens (tertiary/aromatic N) is 2. The molecule has 1 amide bonds. The van der Waals surface area contributed by atoms with E-state index in [9.17, 15) is 4.79 Å². The largest absolute Gasteiger partial charge is 0.493 e. The molecule has 0 atom stereocenters. The van der Waals surface area contributed by atoms with Gasteiger partial charge in [-0.2, -0.15) is 10.5 Å². The van der Waals surface area contributed by atoms with Crippen molar-refractivity contribution < 1.29 is 9.53 Å². The van der Waals surface area contributed by atoms with E-state index >= 15 is 0 Å². The molecule has 0 aliphatic carbocycles. The van der Waals surface area contributed by atoms with Gasteiger partial charge in [0.2, 0.25) is 0 Å². The van der Waals surface area contributed by atoms with Crippen LogP contribution in [0, 0.1) is 22.7 Å². The van der Waals surface area contributed by atoms with Crippen molar-refractivity contribution in [2.24, 2.45) is 0 Å². The summed E-state index contributed by atoms with van der Waals surface area (Å²) < 4.78 is 5.53. The van der Waals surface area contributed by atoms with Crippen LogP contribution in [0.25, 0.3) is 0 Å². The lowest BCUT2D eigenvalue weighted by Crippen LogP contribution is -2.25. The Bertz CT molecular complexity index is 772. The minimum absolute atomic E-state index is 0.214. The summed E-state index contributed by atoms with van der Waals surface area (Å²) in [6.07, 6.45) is 0.639. The maximum Gasteiger partial charge on any atom is 0.251 e. The second-order valence-corrected chi connectivity index (χ2v) is 4.79. The number of rotatable bonds is 6. The lowest BCUT2D eigenvalue weighted by molar-refractivity contribution is 0.0951. The monoisotopic (exact) mass is 305 g/mol. The molecular weight excluding hydrogens is 290 g/mol. The van der Waals surface area contributed by atoms with Crippen LogP contribution in [0.5, 0.6) is 5.75 Å². The molecule has 5 heteroatoms. The molecule has 0 radical (unpaired) electrons. The van der Waals surface area contributed by atoms with Crippen molar-refractivity contribution in [3.05, 3.63) is 65.2 Å². The van der Waals surface area contributed by atoms with E-state index < -0.39 is 0 Å². The number of hydrogen-bond donors (Lipinski definition) is 1. The third-order valence-electron chi connectivity index (χ3n) is 3.09. The first-order valence-corrected chi connectivity index (χ1v) is 7.14. The molecule has 23 heavy (non-hydrogen) atoms. The van der Waals surface area contributed by atoms with Crippen molar-refractivity contribution in [2.45, 2.75) is 6.42 Å². The number of nitrogens with one attached hydrogen (secondary N) is 1. The van der Waals surface area contributed by atoms with Crippen LogP contribution < -0.4 is 10.1 Å². The van der Waals surface area contributed by atoms with Crippen LogP contribution in [0.15, 0.2) is 48.5 Å². The normalized spacial score (nSPS) is 9.48. The van der Waals surface area contributed by atoms with Crippen molar-refractivity contribution in [2.75, 3.05) is 13.2 Å². The molecule has 0 saturated heterocycles. The number of carbonyl (C=O) groups excluding carboxylic acids is 1. The predicted octanol–water partition coefficient (Wildman–Crippen LogP) is 2.63. The zero-order valence-electron chi connectivity index (χ0n) is 12.5. The Morgan fingerprint density at radius 3 is 2.48 bits per heavy atom. The Kier molecular flexibility index (Phi) is 5.74. The molecule has 2 rings (SSSR count). The van der Waals surface area contributed by atoms with Crippen LogP contribution in [0.4, 0.5) is 0 Å². The number of hydrogen-bond acceptors (Lipinski definition) is 4. The predicted molar refractivity (Wildman–Crippen MR) is 84.8 cm³/mol. The van der Waals surface area contributed by atoms with Crippen LogP contribution >= 0.6 is 0 Å². The topological polar surface area (TPSA) is 85.9 Å². The van der Waals surface area contributed by atoms with Crippen molar-refractivity contribution in [3.8, 4) is 17.9 Å². The molecule has 2 aromatic carbocycles. The maximum atomic E-state index is 11.9. The van der Waals surface area contributed by atoms with E-state index in [0.717, 1.165) is 0 Å². The Morgan fingerprint density at radius 1 is 1.04 bits per heavy atom. The summed E-state index contributed by atoms with van der Waals surface area (Å²) in [6.45, 7) is 0.904. The van der Waals surface area contributed by atoms with Gasteiger partial charge in [0.1, 0.15) is 5.75 Å². The summed E-state index contributed by atoms with van der Waals surface area (Å²) in [7, 11) is 0. The Balaban J connectivity index is 1.74. The number of amides is 1. The fraction of sp³-hybridized carbons (Fsp3) is 0.167. The lowest BCUT2D eigenvalue weighted by atomic mass is 10.1. The number of carbonyl (C=O) groups is 1. The van der Waals surface area contributed by atoms with E-state index in [4.69, 9.17) is 15.3 Å². The molecule has 0 unspecified atom stereocenters. The van der Waals surface area contributed by atoms with E-state index in [1.807, 2.05) is 6.07 Å². The van der Waals surface area contributed by atoms with Crippen molar-refractivity contribution >= 4 is 5.91 Å². The zero-order chi connectivity index (χ0) is 16.5. The first-order chi connectivity index (χ1) is 11.2. The van der Waals surface area contributed by atoms with E-state index in [2.05, 4.69) is 11.4 Å². The highest BCUT2D eigenvalue weighted by atomic mass is 16.5. The highest BCUT2D eigenvalue weighted by Gasteiger charge is 2.05. The molecule has 0 spiro atoms. The lowest BCUT2D eigenvalue weighted by Gasteiger charge is -2.08. The molecule has 1 N–H and O–H groups in total. The number of nitriles is 2. The number of benzene rings is 2. The third kappa shape index (κ3) is 4.87. The highest BCUT2D eigenvalue weighted by Crippen LogP contribution is 2.12. The Morgan fingerprint density at radius 2 is 1.74 bits per heavy atom. The van der Waals surface area contributed by atoms with Gasteiger partial charge in [-0.05, 0) is 42.8 Å². The van der Waals surface area contributed by atoms with E-state index in [1.165, 1.54) is 0 Å². The van der Waals surface area contributed by atoms with Gasteiger partial charge < -0.3 is 10.1 Å². The van der Waals surface area contributed by atoms with Gasteiger partial charge in [-0.3, -0.25) is 4.79 Å². The molecule has 0 heterocycles. The summed E-state index contributed by atoms with van der Waals surface area (Å²) in [5.41, 5.74) is 1.47. The maximum absolute atomic E-state index is 11.9. The highest BCUT2D eigenvalue weighted by molar-refractivity contribution is 5.94.